The molecule has 1 heterocycles. The molecular weight excluding hydrogens is 369 g/mol. The first-order chi connectivity index (χ1) is 12.8. The second kappa shape index (κ2) is 8.16. The molecule has 1 aliphatic heterocycles. The van der Waals surface area contributed by atoms with Crippen molar-refractivity contribution in [3.63, 3.8) is 0 Å². The molecule has 5 unspecified atom stereocenters. The zero-order valence-corrected chi connectivity index (χ0v) is 16.3. The summed E-state index contributed by atoms with van der Waals surface area (Å²) in [5.41, 5.74) is 6.43. The quantitative estimate of drug-likeness (QED) is 0.699. The lowest BCUT2D eigenvalue weighted by molar-refractivity contribution is -0.128. The number of nitrogens with zero attached hydrogens (tertiary/aromatic N) is 2. The molecule has 1 aliphatic carbocycles. The van der Waals surface area contributed by atoms with Gasteiger partial charge in [-0.15, -0.1) is 0 Å². The van der Waals surface area contributed by atoms with Gasteiger partial charge in [0.15, 0.2) is 5.17 Å². The molecule has 8 heteroatoms. The predicted molar refractivity (Wildman–Crippen MR) is 104 cm³/mol. The summed E-state index contributed by atoms with van der Waals surface area (Å²) in [5.74, 6) is -0.977. The van der Waals surface area contributed by atoms with Crippen LogP contribution in [0.15, 0.2) is 29.3 Å². The van der Waals surface area contributed by atoms with E-state index in [1.54, 1.807) is 12.1 Å². The minimum Gasteiger partial charge on any atom is -0.390 e. The summed E-state index contributed by atoms with van der Waals surface area (Å²) in [5, 5.41) is 21.4. The van der Waals surface area contributed by atoms with Crippen LogP contribution in [0.2, 0.25) is 0 Å². The van der Waals surface area contributed by atoms with Gasteiger partial charge >= 0.3 is 0 Å². The fourth-order valence-electron chi connectivity index (χ4n) is 3.65. The minimum atomic E-state index is -1.02. The second-order valence-electron chi connectivity index (χ2n) is 7.65. The molecule has 6 nitrogen and oxygen atoms in total. The molecule has 27 heavy (non-hydrogen) atoms. The third kappa shape index (κ3) is 4.28. The van der Waals surface area contributed by atoms with Crippen molar-refractivity contribution >= 4 is 22.8 Å². The Kier molecular flexibility index (Phi) is 6.08. The molecule has 2 aliphatic rings. The van der Waals surface area contributed by atoms with Crippen molar-refractivity contribution in [2.24, 2.45) is 22.6 Å². The molecule has 5 atom stereocenters. The highest BCUT2D eigenvalue weighted by molar-refractivity contribution is 8.14. The Hall–Kier alpha value is -1.64. The van der Waals surface area contributed by atoms with E-state index in [1.807, 2.05) is 4.90 Å². The predicted octanol–water partition coefficient (Wildman–Crippen LogP) is 1.35. The fourth-order valence-corrected chi connectivity index (χ4v) is 5.22. The van der Waals surface area contributed by atoms with Crippen molar-refractivity contribution in [1.82, 2.24) is 4.90 Å². The van der Waals surface area contributed by atoms with Crippen LogP contribution < -0.4 is 5.73 Å². The first kappa shape index (κ1) is 20.1. The molecule has 0 aromatic heterocycles. The van der Waals surface area contributed by atoms with E-state index in [2.05, 4.69) is 18.8 Å². The van der Waals surface area contributed by atoms with Crippen LogP contribution in [-0.4, -0.2) is 56.2 Å². The number of primary amides is 1. The summed E-state index contributed by atoms with van der Waals surface area (Å²) >= 11 is 1.44. The smallest absolute Gasteiger partial charge is 0.221 e. The van der Waals surface area contributed by atoms with Crippen molar-refractivity contribution < 1.29 is 19.4 Å². The van der Waals surface area contributed by atoms with Gasteiger partial charge in [0.1, 0.15) is 11.9 Å². The van der Waals surface area contributed by atoms with Crippen LogP contribution >= 0.6 is 11.8 Å². The van der Waals surface area contributed by atoms with Gasteiger partial charge in [0.05, 0.1) is 18.1 Å². The number of amides is 1. The van der Waals surface area contributed by atoms with Crippen LogP contribution in [0.5, 0.6) is 0 Å². The number of benzene rings is 1. The van der Waals surface area contributed by atoms with E-state index >= 15 is 0 Å². The number of rotatable bonds is 5. The Morgan fingerprint density at radius 3 is 2.63 bits per heavy atom. The summed E-state index contributed by atoms with van der Waals surface area (Å²) in [6.07, 6.45) is -1.89. The summed E-state index contributed by atoms with van der Waals surface area (Å²) in [6, 6.07) is 5.67. The maximum absolute atomic E-state index is 13.2. The van der Waals surface area contributed by atoms with E-state index < -0.39 is 30.1 Å². The van der Waals surface area contributed by atoms with E-state index in [4.69, 9.17) is 5.73 Å². The van der Waals surface area contributed by atoms with E-state index in [-0.39, 0.29) is 17.5 Å². The third-order valence-corrected chi connectivity index (χ3v) is 6.50. The SMILES string of the molecule is CC(C)CN=C1SC2C(C(N)=O)CC(O)C(O)C2N1Cc1ccc(F)cc1. The minimum absolute atomic E-state index is 0.145. The van der Waals surface area contributed by atoms with Crippen LogP contribution in [0, 0.1) is 17.7 Å². The van der Waals surface area contributed by atoms with Gasteiger partial charge in [0, 0.05) is 18.3 Å². The topological polar surface area (TPSA) is 99.1 Å². The number of thioether (sulfide) groups is 1. The highest BCUT2D eigenvalue weighted by Crippen LogP contribution is 2.44. The number of amidine groups is 1. The number of nitrogens with two attached hydrogens (primary N) is 1. The second-order valence-corrected chi connectivity index (χ2v) is 8.79. The van der Waals surface area contributed by atoms with Gasteiger partial charge < -0.3 is 20.8 Å². The molecule has 148 valence electrons. The van der Waals surface area contributed by atoms with Crippen molar-refractivity contribution in [3.05, 3.63) is 35.6 Å². The van der Waals surface area contributed by atoms with E-state index in [0.29, 0.717) is 19.0 Å². The summed E-state index contributed by atoms with van der Waals surface area (Å²) in [6.45, 7) is 5.14. The molecular formula is C19H26FN3O3S. The lowest BCUT2D eigenvalue weighted by Gasteiger charge is -2.41. The van der Waals surface area contributed by atoms with Crippen molar-refractivity contribution in [2.75, 3.05) is 6.54 Å². The average molecular weight is 396 g/mol. The zero-order valence-electron chi connectivity index (χ0n) is 15.5. The molecule has 1 amide bonds. The van der Waals surface area contributed by atoms with E-state index in [1.165, 1.54) is 23.9 Å². The van der Waals surface area contributed by atoms with Crippen LogP contribution in [-0.2, 0) is 11.3 Å². The number of aliphatic hydroxyl groups excluding tert-OH is 2. The van der Waals surface area contributed by atoms with Crippen molar-refractivity contribution in [1.29, 1.82) is 0 Å². The molecule has 0 spiro atoms. The average Bonchev–Trinajstić information content (AvgIpc) is 2.96. The first-order valence-corrected chi connectivity index (χ1v) is 10.0. The Morgan fingerprint density at radius 2 is 2.04 bits per heavy atom. The number of hydrogen-bond donors (Lipinski definition) is 3. The van der Waals surface area contributed by atoms with Gasteiger partial charge in [0.2, 0.25) is 5.91 Å². The number of carbonyl (C=O) groups is 1. The maximum atomic E-state index is 13.2. The summed E-state index contributed by atoms with van der Waals surface area (Å²) < 4.78 is 13.2. The van der Waals surface area contributed by atoms with Crippen molar-refractivity contribution in [3.8, 4) is 0 Å². The van der Waals surface area contributed by atoms with Crippen molar-refractivity contribution in [2.45, 2.75) is 50.3 Å². The molecule has 1 saturated heterocycles. The van der Waals surface area contributed by atoms with Gasteiger partial charge in [0.25, 0.3) is 0 Å². The Bertz CT molecular complexity index is 713. The molecule has 0 radical (unpaired) electrons. The maximum Gasteiger partial charge on any atom is 0.221 e. The van der Waals surface area contributed by atoms with E-state index in [0.717, 1.165) is 10.7 Å². The van der Waals surface area contributed by atoms with Gasteiger partial charge in [-0.1, -0.05) is 37.7 Å². The largest absolute Gasteiger partial charge is 0.390 e. The molecule has 1 aromatic carbocycles. The summed E-state index contributed by atoms with van der Waals surface area (Å²) in [7, 11) is 0. The molecule has 2 fully saturated rings. The number of fused-ring (bicyclic) bond motifs is 1. The van der Waals surface area contributed by atoms with Crippen LogP contribution in [0.25, 0.3) is 0 Å². The number of hydrogen-bond acceptors (Lipinski definition) is 5. The van der Waals surface area contributed by atoms with E-state index in [9.17, 15) is 19.4 Å². The summed E-state index contributed by atoms with van der Waals surface area (Å²) in [4.78, 5) is 18.5. The van der Waals surface area contributed by atoms with Gasteiger partial charge in [-0.25, -0.2) is 4.39 Å². The van der Waals surface area contributed by atoms with Gasteiger partial charge in [-0.2, -0.15) is 0 Å². The Morgan fingerprint density at radius 1 is 1.37 bits per heavy atom. The number of aliphatic hydroxyl groups is 2. The normalized spacial score (nSPS) is 32.1. The molecule has 0 bridgehead atoms. The third-order valence-electron chi connectivity index (χ3n) is 5.04. The standard InChI is InChI=1S/C19H26FN3O3S/c1-10(2)8-22-19-23(9-11-3-5-12(20)6-4-11)15-16(25)14(24)7-13(18(21)26)17(15)27-19/h3-6,10,13-17,24-25H,7-9H2,1-2H3,(H2,21,26). The number of carbonyl (C=O) groups excluding carboxylic acids is 1. The number of aliphatic imine (C=N–C) groups is 1. The van der Waals surface area contributed by atoms with Gasteiger partial charge in [-0.3, -0.25) is 9.79 Å². The monoisotopic (exact) mass is 395 g/mol. The number of halogens is 1. The lowest BCUT2D eigenvalue weighted by atomic mass is 9.80. The molecule has 3 rings (SSSR count). The zero-order chi connectivity index (χ0) is 19.7. The molecule has 1 aromatic rings. The van der Waals surface area contributed by atoms with Crippen LogP contribution in [0.3, 0.4) is 0 Å². The molecule has 1 saturated carbocycles. The van der Waals surface area contributed by atoms with Gasteiger partial charge in [-0.05, 0) is 30.0 Å². The van der Waals surface area contributed by atoms with Crippen LogP contribution in [0.1, 0.15) is 25.8 Å². The lowest BCUT2D eigenvalue weighted by Crippen LogP contribution is -2.58. The molecule has 4 N–H and O–H groups in total. The first-order valence-electron chi connectivity index (χ1n) is 9.15. The fraction of sp³-hybridized carbons (Fsp3) is 0.579. The Balaban J connectivity index is 1.94. The van der Waals surface area contributed by atoms with Crippen LogP contribution in [0.4, 0.5) is 4.39 Å². The Labute approximate surface area is 162 Å². The highest BCUT2D eigenvalue weighted by atomic mass is 32.2. The highest BCUT2D eigenvalue weighted by Gasteiger charge is 2.54.